The number of ether oxygens (including phenoxy) is 2. The molecular weight excluding hydrogens is 436 g/mol. The van der Waals surface area contributed by atoms with Crippen molar-refractivity contribution < 1.29 is 19.4 Å². The van der Waals surface area contributed by atoms with Crippen LogP contribution in [0.3, 0.4) is 0 Å². The molecule has 9 heteroatoms. The molecule has 0 aliphatic rings. The first kappa shape index (κ1) is 23.2. The fourth-order valence-corrected chi connectivity index (χ4v) is 3.87. The summed E-state index contributed by atoms with van der Waals surface area (Å²) in [6, 6.07) is 14.5. The van der Waals surface area contributed by atoms with E-state index >= 15 is 0 Å². The number of methoxy groups -OCH3 is 1. The fourth-order valence-electron chi connectivity index (χ4n) is 3.87. The van der Waals surface area contributed by atoms with Crippen molar-refractivity contribution >= 4 is 17.0 Å². The van der Waals surface area contributed by atoms with E-state index in [1.54, 1.807) is 25.3 Å². The summed E-state index contributed by atoms with van der Waals surface area (Å²) in [7, 11) is 1.58. The van der Waals surface area contributed by atoms with Crippen molar-refractivity contribution in [1.29, 1.82) is 0 Å². The second kappa shape index (κ2) is 9.88. The van der Waals surface area contributed by atoms with E-state index < -0.39 is 5.97 Å². The molecule has 0 spiro atoms. The molecule has 2 N–H and O–H groups in total. The van der Waals surface area contributed by atoms with Gasteiger partial charge in [-0.05, 0) is 22.8 Å². The Kier molecular flexibility index (Phi) is 6.74. The third-order valence-electron chi connectivity index (χ3n) is 5.48. The number of imidazole rings is 1. The average molecular weight is 463 g/mol. The highest BCUT2D eigenvalue weighted by atomic mass is 16.5. The molecule has 2 aromatic carbocycles. The van der Waals surface area contributed by atoms with Gasteiger partial charge in [-0.1, -0.05) is 56.3 Å². The fraction of sp³-hybridized carbons (Fsp3) is 0.280. The Labute approximate surface area is 196 Å². The lowest BCUT2D eigenvalue weighted by atomic mass is 9.98. The van der Waals surface area contributed by atoms with Crippen molar-refractivity contribution in [3.63, 3.8) is 0 Å². The minimum absolute atomic E-state index is 0.0559. The molecule has 0 aliphatic heterocycles. The van der Waals surface area contributed by atoms with Gasteiger partial charge in [-0.25, -0.2) is 14.9 Å². The first-order valence-corrected chi connectivity index (χ1v) is 10.9. The Bertz CT molecular complexity index is 1370. The van der Waals surface area contributed by atoms with E-state index in [4.69, 9.17) is 14.5 Å². The average Bonchev–Trinajstić information content (AvgIpc) is 3.22. The highest BCUT2D eigenvalue weighted by molar-refractivity contribution is 5.96. The first-order chi connectivity index (χ1) is 16.4. The van der Waals surface area contributed by atoms with E-state index in [0.717, 1.165) is 17.0 Å². The topological polar surface area (TPSA) is 119 Å². The zero-order chi connectivity index (χ0) is 24.2. The Morgan fingerprint density at radius 2 is 1.85 bits per heavy atom. The quantitative estimate of drug-likeness (QED) is 0.364. The standard InChI is InChI=1S/C25H26N4O5/c1-15(2)22-26-20-21(23(30)27-28-24(20)34-13-12-33-3)29(22)14-16-8-10-17(11-9-16)18-6-4-5-7-19(18)25(31)32/h4-11,15H,12-14H2,1-3H3,(H,27,30)(H,31,32). The monoisotopic (exact) mass is 462 g/mol. The molecule has 0 radical (unpaired) electrons. The number of nitrogens with one attached hydrogen (secondary N) is 1. The maximum Gasteiger partial charge on any atom is 0.336 e. The summed E-state index contributed by atoms with van der Waals surface area (Å²) in [5.74, 6) is 0.0844. The van der Waals surface area contributed by atoms with Crippen LogP contribution in [0.15, 0.2) is 53.3 Å². The third kappa shape index (κ3) is 4.55. The molecule has 34 heavy (non-hydrogen) atoms. The van der Waals surface area contributed by atoms with Crippen LogP contribution in [0.1, 0.15) is 41.5 Å². The van der Waals surface area contributed by atoms with Gasteiger partial charge in [0.05, 0.1) is 12.2 Å². The smallest absolute Gasteiger partial charge is 0.336 e. The van der Waals surface area contributed by atoms with Crippen LogP contribution in [0.2, 0.25) is 0 Å². The lowest BCUT2D eigenvalue weighted by molar-refractivity contribution is 0.0697. The van der Waals surface area contributed by atoms with Gasteiger partial charge in [0.15, 0.2) is 5.52 Å². The van der Waals surface area contributed by atoms with Gasteiger partial charge in [0, 0.05) is 19.6 Å². The summed E-state index contributed by atoms with van der Waals surface area (Å²) in [4.78, 5) is 29.0. The van der Waals surface area contributed by atoms with Crippen LogP contribution >= 0.6 is 0 Å². The first-order valence-electron chi connectivity index (χ1n) is 10.9. The van der Waals surface area contributed by atoms with Crippen molar-refractivity contribution in [2.75, 3.05) is 20.3 Å². The molecule has 4 rings (SSSR count). The zero-order valence-corrected chi connectivity index (χ0v) is 19.2. The number of hydrogen-bond acceptors (Lipinski definition) is 6. The number of aromatic carboxylic acids is 1. The van der Waals surface area contributed by atoms with Crippen LogP contribution in [0.4, 0.5) is 0 Å². The predicted molar refractivity (Wildman–Crippen MR) is 128 cm³/mol. The molecule has 2 aromatic heterocycles. The molecule has 9 nitrogen and oxygen atoms in total. The normalized spacial score (nSPS) is 11.3. The van der Waals surface area contributed by atoms with Gasteiger partial charge in [-0.3, -0.25) is 4.79 Å². The zero-order valence-electron chi connectivity index (χ0n) is 19.2. The van der Waals surface area contributed by atoms with Crippen molar-refractivity contribution in [1.82, 2.24) is 19.7 Å². The van der Waals surface area contributed by atoms with E-state index in [1.165, 1.54) is 0 Å². The molecule has 0 aliphatic carbocycles. The van der Waals surface area contributed by atoms with Crippen molar-refractivity contribution in [2.24, 2.45) is 0 Å². The molecule has 0 bridgehead atoms. The summed E-state index contributed by atoms with van der Waals surface area (Å²) in [6.45, 7) is 5.11. The Hall–Kier alpha value is -3.98. The molecule has 0 fully saturated rings. The molecule has 2 heterocycles. The van der Waals surface area contributed by atoms with Crippen molar-refractivity contribution in [2.45, 2.75) is 26.3 Å². The summed E-state index contributed by atoms with van der Waals surface area (Å²) < 4.78 is 12.6. The summed E-state index contributed by atoms with van der Waals surface area (Å²) >= 11 is 0. The van der Waals surface area contributed by atoms with Crippen LogP contribution in [0.5, 0.6) is 5.88 Å². The highest BCUT2D eigenvalue weighted by Gasteiger charge is 2.21. The van der Waals surface area contributed by atoms with Gasteiger partial charge >= 0.3 is 5.97 Å². The Balaban J connectivity index is 1.72. The largest absolute Gasteiger partial charge is 0.478 e. The van der Waals surface area contributed by atoms with Gasteiger partial charge in [0.2, 0.25) is 0 Å². The SMILES string of the molecule is COCCOc1n[nH]c(=O)c2c1nc(C(C)C)n2Cc1ccc(-c2ccccc2C(=O)O)cc1. The van der Waals surface area contributed by atoms with E-state index in [-0.39, 0.29) is 29.5 Å². The highest BCUT2D eigenvalue weighted by Crippen LogP contribution is 2.27. The van der Waals surface area contributed by atoms with Crippen LogP contribution in [0.25, 0.3) is 22.2 Å². The minimum atomic E-state index is -0.970. The molecule has 0 saturated carbocycles. The number of carboxylic acid groups (broad SMARTS) is 1. The maximum atomic E-state index is 12.7. The number of carbonyl (C=O) groups is 1. The number of fused-ring (bicyclic) bond motifs is 1. The number of rotatable bonds is 9. The van der Waals surface area contributed by atoms with Gasteiger partial charge in [0.25, 0.3) is 11.4 Å². The molecule has 4 aromatic rings. The lowest BCUT2D eigenvalue weighted by Crippen LogP contribution is -2.16. The van der Waals surface area contributed by atoms with Gasteiger partial charge in [-0.15, -0.1) is 5.10 Å². The van der Waals surface area contributed by atoms with Crippen LogP contribution in [-0.4, -0.2) is 51.1 Å². The van der Waals surface area contributed by atoms with Crippen molar-refractivity contribution in [3.8, 4) is 17.0 Å². The third-order valence-corrected chi connectivity index (χ3v) is 5.48. The number of aromatic nitrogens is 4. The van der Waals surface area contributed by atoms with Crippen LogP contribution in [0, 0.1) is 0 Å². The molecule has 0 unspecified atom stereocenters. The van der Waals surface area contributed by atoms with Gasteiger partial charge in [-0.2, -0.15) is 0 Å². The van der Waals surface area contributed by atoms with Gasteiger partial charge < -0.3 is 19.1 Å². The van der Waals surface area contributed by atoms with Gasteiger partial charge in [0.1, 0.15) is 17.9 Å². The number of H-pyrrole nitrogens is 1. The second-order valence-electron chi connectivity index (χ2n) is 8.15. The molecular formula is C25H26N4O5. The Morgan fingerprint density at radius 1 is 1.12 bits per heavy atom. The lowest BCUT2D eigenvalue weighted by Gasteiger charge is -2.12. The van der Waals surface area contributed by atoms with E-state index in [1.807, 2.05) is 48.7 Å². The Morgan fingerprint density at radius 3 is 2.53 bits per heavy atom. The molecule has 0 atom stereocenters. The minimum Gasteiger partial charge on any atom is -0.478 e. The predicted octanol–water partition coefficient (Wildman–Crippen LogP) is 3.68. The second-order valence-corrected chi connectivity index (χ2v) is 8.15. The number of nitrogens with zero attached hydrogens (tertiary/aromatic N) is 3. The molecule has 0 amide bonds. The van der Waals surface area contributed by atoms with E-state index in [2.05, 4.69) is 10.2 Å². The van der Waals surface area contributed by atoms with Crippen LogP contribution < -0.4 is 10.3 Å². The number of carboxylic acids is 1. The molecule has 0 saturated heterocycles. The number of hydrogen-bond donors (Lipinski definition) is 2. The summed E-state index contributed by atoms with van der Waals surface area (Å²) in [5.41, 5.74) is 3.10. The molecule has 176 valence electrons. The summed E-state index contributed by atoms with van der Waals surface area (Å²) in [6.07, 6.45) is 0. The number of aromatic amines is 1. The van der Waals surface area contributed by atoms with Crippen LogP contribution in [-0.2, 0) is 11.3 Å². The van der Waals surface area contributed by atoms with E-state index in [0.29, 0.717) is 29.7 Å². The summed E-state index contributed by atoms with van der Waals surface area (Å²) in [5, 5.41) is 16.0. The van der Waals surface area contributed by atoms with E-state index in [9.17, 15) is 14.7 Å². The number of benzene rings is 2. The van der Waals surface area contributed by atoms with Crippen molar-refractivity contribution in [3.05, 3.63) is 75.8 Å². The maximum absolute atomic E-state index is 12.7.